The summed E-state index contributed by atoms with van der Waals surface area (Å²) in [5.41, 5.74) is 2.33. The predicted molar refractivity (Wildman–Crippen MR) is 69.9 cm³/mol. The Hall–Kier alpha value is -1.51. The number of fused-ring (bicyclic) bond motifs is 1. The van der Waals surface area contributed by atoms with Gasteiger partial charge in [-0.25, -0.2) is 0 Å². The summed E-state index contributed by atoms with van der Waals surface area (Å²) < 4.78 is 0. The lowest BCUT2D eigenvalue weighted by atomic mass is 9.74. The average Bonchev–Trinajstić information content (AvgIpc) is 2.47. The third kappa shape index (κ3) is 2.66. The van der Waals surface area contributed by atoms with Crippen LogP contribution in [0.25, 0.3) is 0 Å². The molecule has 1 aromatic carbocycles. The number of benzene rings is 1. The monoisotopic (exact) mass is 248 g/mol. The van der Waals surface area contributed by atoms with Crippen molar-refractivity contribution in [1.29, 1.82) is 0 Å². The summed E-state index contributed by atoms with van der Waals surface area (Å²) in [6.07, 6.45) is 5.10. The van der Waals surface area contributed by atoms with Crippen LogP contribution in [0.15, 0.2) is 18.2 Å². The highest BCUT2D eigenvalue weighted by atomic mass is 16.4. The quantitative estimate of drug-likeness (QED) is 0.807. The Morgan fingerprint density at radius 2 is 2.17 bits per heavy atom. The molecular weight excluding hydrogens is 228 g/mol. The van der Waals surface area contributed by atoms with Crippen LogP contribution in [0.3, 0.4) is 0 Å². The number of aromatic hydroxyl groups is 1. The van der Waals surface area contributed by atoms with Crippen LogP contribution >= 0.6 is 0 Å². The zero-order chi connectivity index (χ0) is 13.2. The lowest BCUT2D eigenvalue weighted by Crippen LogP contribution is -2.23. The fourth-order valence-corrected chi connectivity index (χ4v) is 2.98. The zero-order valence-corrected chi connectivity index (χ0v) is 10.8. The van der Waals surface area contributed by atoms with E-state index in [1.54, 1.807) is 6.07 Å². The van der Waals surface area contributed by atoms with Crippen LogP contribution in [0.2, 0.25) is 0 Å². The van der Waals surface area contributed by atoms with E-state index < -0.39 is 5.97 Å². The Kier molecular flexibility index (Phi) is 3.60. The van der Waals surface area contributed by atoms with Crippen LogP contribution in [-0.4, -0.2) is 16.2 Å². The van der Waals surface area contributed by atoms with Crippen molar-refractivity contribution in [1.82, 2.24) is 0 Å². The molecule has 1 aromatic rings. The highest BCUT2D eigenvalue weighted by Crippen LogP contribution is 2.40. The predicted octanol–water partition coefficient (Wildman–Crippen LogP) is 3.24. The van der Waals surface area contributed by atoms with E-state index >= 15 is 0 Å². The molecule has 0 radical (unpaired) electrons. The lowest BCUT2D eigenvalue weighted by molar-refractivity contribution is -0.137. The molecule has 2 rings (SSSR count). The van der Waals surface area contributed by atoms with E-state index in [1.165, 1.54) is 11.1 Å². The number of carbonyl (C=O) groups is 1. The van der Waals surface area contributed by atoms with Gasteiger partial charge in [0, 0.05) is 6.42 Å². The van der Waals surface area contributed by atoms with Crippen molar-refractivity contribution >= 4 is 5.97 Å². The standard InChI is InChI=1S/C15H20O3/c1-15(9-7-14(17)18)8-3-2-4-11-10-12(16)5-6-13(11)15/h5-6,10,16H,2-4,7-9H2,1H3,(H,17,18). The van der Waals surface area contributed by atoms with Gasteiger partial charge in [0.05, 0.1) is 0 Å². The molecule has 0 bridgehead atoms. The Morgan fingerprint density at radius 1 is 1.39 bits per heavy atom. The minimum absolute atomic E-state index is 0.0715. The maximum Gasteiger partial charge on any atom is 0.303 e. The molecule has 98 valence electrons. The van der Waals surface area contributed by atoms with Crippen LogP contribution in [0.4, 0.5) is 0 Å². The van der Waals surface area contributed by atoms with Gasteiger partial charge in [-0.15, -0.1) is 0 Å². The first-order chi connectivity index (χ1) is 8.51. The Bertz CT molecular complexity index is 453. The van der Waals surface area contributed by atoms with Gasteiger partial charge >= 0.3 is 5.97 Å². The van der Waals surface area contributed by atoms with E-state index in [2.05, 4.69) is 6.92 Å². The number of aryl methyl sites for hydroxylation is 1. The molecule has 0 aliphatic heterocycles. The number of aliphatic carboxylic acids is 1. The van der Waals surface area contributed by atoms with Gasteiger partial charge in [0.25, 0.3) is 0 Å². The van der Waals surface area contributed by atoms with Crippen molar-refractivity contribution in [3.05, 3.63) is 29.3 Å². The molecule has 3 heteroatoms. The molecule has 1 aliphatic carbocycles. The van der Waals surface area contributed by atoms with Crippen molar-refractivity contribution < 1.29 is 15.0 Å². The maximum atomic E-state index is 10.8. The average molecular weight is 248 g/mol. The molecule has 1 aliphatic rings. The number of hydrogen-bond acceptors (Lipinski definition) is 2. The highest BCUT2D eigenvalue weighted by molar-refractivity contribution is 5.67. The Labute approximate surface area is 107 Å². The van der Waals surface area contributed by atoms with Gasteiger partial charge in [-0.1, -0.05) is 19.4 Å². The van der Waals surface area contributed by atoms with Gasteiger partial charge in [-0.2, -0.15) is 0 Å². The molecule has 0 amide bonds. The van der Waals surface area contributed by atoms with Gasteiger partial charge in [-0.05, 0) is 54.4 Å². The van der Waals surface area contributed by atoms with Crippen molar-refractivity contribution in [2.75, 3.05) is 0 Å². The molecule has 18 heavy (non-hydrogen) atoms. The van der Waals surface area contributed by atoms with Crippen molar-refractivity contribution in [3.63, 3.8) is 0 Å². The minimum Gasteiger partial charge on any atom is -0.508 e. The van der Waals surface area contributed by atoms with Crippen LogP contribution in [0.1, 0.15) is 50.2 Å². The fraction of sp³-hybridized carbons (Fsp3) is 0.533. The summed E-state index contributed by atoms with van der Waals surface area (Å²) in [7, 11) is 0. The van der Waals surface area contributed by atoms with Crippen molar-refractivity contribution in [2.24, 2.45) is 0 Å². The molecule has 2 N–H and O–H groups in total. The molecule has 0 aromatic heterocycles. The van der Waals surface area contributed by atoms with E-state index in [0.29, 0.717) is 12.2 Å². The second-order valence-electron chi connectivity index (χ2n) is 5.50. The molecule has 0 saturated carbocycles. The molecule has 1 atom stereocenters. The highest BCUT2D eigenvalue weighted by Gasteiger charge is 2.31. The number of carboxylic acids is 1. The summed E-state index contributed by atoms with van der Waals surface area (Å²) in [6, 6.07) is 5.51. The van der Waals surface area contributed by atoms with Crippen molar-refractivity contribution in [3.8, 4) is 5.75 Å². The summed E-state index contributed by atoms with van der Waals surface area (Å²) in [6.45, 7) is 2.15. The SMILES string of the molecule is CC1(CCC(=O)O)CCCCc2cc(O)ccc21. The normalized spacial score (nSPS) is 23.2. The summed E-state index contributed by atoms with van der Waals surface area (Å²) in [5.74, 6) is -0.433. The fourth-order valence-electron chi connectivity index (χ4n) is 2.98. The van der Waals surface area contributed by atoms with Crippen LogP contribution in [0, 0.1) is 0 Å². The van der Waals surface area contributed by atoms with E-state index in [1.807, 2.05) is 12.1 Å². The third-order valence-corrected chi connectivity index (χ3v) is 4.05. The zero-order valence-electron chi connectivity index (χ0n) is 10.8. The van der Waals surface area contributed by atoms with E-state index in [4.69, 9.17) is 5.11 Å². The molecule has 0 fully saturated rings. The number of hydrogen-bond donors (Lipinski definition) is 2. The van der Waals surface area contributed by atoms with Crippen LogP contribution < -0.4 is 0 Å². The van der Waals surface area contributed by atoms with Crippen molar-refractivity contribution in [2.45, 2.75) is 50.9 Å². The molecule has 3 nitrogen and oxygen atoms in total. The van der Waals surface area contributed by atoms with E-state index in [9.17, 15) is 9.90 Å². The second-order valence-corrected chi connectivity index (χ2v) is 5.50. The molecule has 0 spiro atoms. The topological polar surface area (TPSA) is 57.5 Å². The molecule has 0 saturated heterocycles. The number of phenolic OH excluding ortho intramolecular Hbond substituents is 1. The first kappa shape index (κ1) is 12.9. The van der Waals surface area contributed by atoms with Gasteiger partial charge < -0.3 is 10.2 Å². The summed E-state index contributed by atoms with van der Waals surface area (Å²) >= 11 is 0. The van der Waals surface area contributed by atoms with Gasteiger partial charge in [0.2, 0.25) is 0 Å². The first-order valence-electron chi connectivity index (χ1n) is 6.55. The van der Waals surface area contributed by atoms with Gasteiger partial charge in [-0.3, -0.25) is 4.79 Å². The summed E-state index contributed by atoms with van der Waals surface area (Å²) in [4.78, 5) is 10.8. The van der Waals surface area contributed by atoms with Crippen LogP contribution in [0.5, 0.6) is 5.75 Å². The van der Waals surface area contributed by atoms with Crippen LogP contribution in [-0.2, 0) is 16.6 Å². The first-order valence-corrected chi connectivity index (χ1v) is 6.55. The van der Waals surface area contributed by atoms with E-state index in [0.717, 1.165) is 25.7 Å². The molecule has 1 unspecified atom stereocenters. The maximum absolute atomic E-state index is 10.8. The molecule has 0 heterocycles. The Balaban J connectivity index is 2.33. The smallest absolute Gasteiger partial charge is 0.303 e. The third-order valence-electron chi connectivity index (χ3n) is 4.05. The summed E-state index contributed by atoms with van der Waals surface area (Å²) in [5, 5.41) is 18.5. The molecular formula is C15H20O3. The van der Waals surface area contributed by atoms with E-state index in [-0.39, 0.29) is 11.8 Å². The number of carboxylic acid groups (broad SMARTS) is 1. The van der Waals surface area contributed by atoms with Gasteiger partial charge in [0.1, 0.15) is 5.75 Å². The lowest BCUT2D eigenvalue weighted by Gasteiger charge is -2.30. The Morgan fingerprint density at radius 3 is 2.89 bits per heavy atom. The number of rotatable bonds is 3. The minimum atomic E-state index is -0.735. The van der Waals surface area contributed by atoms with Gasteiger partial charge in [0.15, 0.2) is 0 Å². The largest absolute Gasteiger partial charge is 0.508 e. The number of phenols is 1. The second kappa shape index (κ2) is 5.01.